The van der Waals surface area contributed by atoms with Crippen LogP contribution in [0.15, 0.2) is 93.2 Å². The van der Waals surface area contributed by atoms with Crippen molar-refractivity contribution in [3.05, 3.63) is 112 Å². The van der Waals surface area contributed by atoms with Gasteiger partial charge in [0.05, 0.1) is 23.0 Å². The second-order valence-electron chi connectivity index (χ2n) is 7.79. The second kappa shape index (κ2) is 7.30. The SMILES string of the molecule is Cc1ccc(C)c([C@@H]2CC(c3cc4ccccc4oc3=O)=NN2c2ccccc2)c1. The van der Waals surface area contributed by atoms with E-state index in [1.54, 1.807) is 0 Å². The summed E-state index contributed by atoms with van der Waals surface area (Å²) in [5, 5.41) is 7.85. The maximum Gasteiger partial charge on any atom is 0.345 e. The van der Waals surface area contributed by atoms with Crippen molar-refractivity contribution in [2.75, 3.05) is 5.01 Å². The number of rotatable bonds is 3. The number of hydrogen-bond donors (Lipinski definition) is 0. The minimum Gasteiger partial charge on any atom is -0.422 e. The Kier molecular flexibility index (Phi) is 4.47. The molecule has 3 aromatic carbocycles. The molecule has 0 spiro atoms. The van der Waals surface area contributed by atoms with Gasteiger partial charge in [-0.15, -0.1) is 0 Å². The molecule has 148 valence electrons. The molecule has 0 saturated carbocycles. The molecular formula is C26H22N2O2. The van der Waals surface area contributed by atoms with Crippen molar-refractivity contribution < 1.29 is 4.42 Å². The minimum absolute atomic E-state index is 0.0215. The van der Waals surface area contributed by atoms with Crippen LogP contribution in [0.3, 0.4) is 0 Å². The summed E-state index contributed by atoms with van der Waals surface area (Å²) in [4.78, 5) is 12.8. The van der Waals surface area contributed by atoms with Crippen molar-refractivity contribution in [2.24, 2.45) is 5.10 Å². The number of anilines is 1. The van der Waals surface area contributed by atoms with Crippen LogP contribution in [0.5, 0.6) is 0 Å². The lowest BCUT2D eigenvalue weighted by atomic mass is 9.94. The Balaban J connectivity index is 1.65. The molecule has 4 nitrogen and oxygen atoms in total. The topological polar surface area (TPSA) is 45.8 Å². The smallest absolute Gasteiger partial charge is 0.345 e. The molecule has 0 amide bonds. The van der Waals surface area contributed by atoms with Gasteiger partial charge in [-0.05, 0) is 49.2 Å². The average molecular weight is 394 g/mol. The van der Waals surface area contributed by atoms with E-state index in [-0.39, 0.29) is 11.7 Å². The van der Waals surface area contributed by atoms with Gasteiger partial charge >= 0.3 is 5.63 Å². The molecule has 1 atom stereocenters. The molecule has 0 aliphatic carbocycles. The molecule has 4 heteroatoms. The molecule has 0 fully saturated rings. The van der Waals surface area contributed by atoms with Crippen molar-refractivity contribution in [3.63, 3.8) is 0 Å². The first-order valence-electron chi connectivity index (χ1n) is 10.1. The fraction of sp³-hybridized carbons (Fsp3) is 0.154. The maximum atomic E-state index is 12.8. The number of benzene rings is 3. The Morgan fingerprint density at radius 1 is 0.933 bits per heavy atom. The molecule has 2 heterocycles. The first kappa shape index (κ1) is 18.4. The molecule has 0 radical (unpaired) electrons. The number of para-hydroxylation sites is 2. The minimum atomic E-state index is -0.345. The normalized spacial score (nSPS) is 16.1. The fourth-order valence-electron chi connectivity index (χ4n) is 4.12. The summed E-state index contributed by atoms with van der Waals surface area (Å²) < 4.78 is 5.58. The maximum absolute atomic E-state index is 12.8. The fourth-order valence-corrected chi connectivity index (χ4v) is 4.12. The molecule has 1 aromatic heterocycles. The lowest BCUT2D eigenvalue weighted by molar-refractivity contribution is 0.559. The van der Waals surface area contributed by atoms with Gasteiger partial charge in [-0.25, -0.2) is 4.79 Å². The third kappa shape index (κ3) is 3.20. The molecule has 1 aliphatic rings. The monoisotopic (exact) mass is 394 g/mol. The summed E-state index contributed by atoms with van der Waals surface area (Å²) in [6, 6.07) is 26.1. The number of fused-ring (bicyclic) bond motifs is 1. The second-order valence-corrected chi connectivity index (χ2v) is 7.79. The Labute approximate surface area is 175 Å². The summed E-state index contributed by atoms with van der Waals surface area (Å²) in [6.07, 6.45) is 0.641. The van der Waals surface area contributed by atoms with E-state index in [4.69, 9.17) is 9.52 Å². The van der Waals surface area contributed by atoms with Crippen LogP contribution in [0.2, 0.25) is 0 Å². The summed E-state index contributed by atoms with van der Waals surface area (Å²) in [7, 11) is 0. The summed E-state index contributed by atoms with van der Waals surface area (Å²) >= 11 is 0. The zero-order valence-electron chi connectivity index (χ0n) is 17.0. The number of aryl methyl sites for hydroxylation is 2. The van der Waals surface area contributed by atoms with Gasteiger partial charge in [0.15, 0.2) is 0 Å². The standard InChI is InChI=1S/C26H22N2O2/c1-17-12-13-18(2)21(14-17)24-16-23(27-28(24)20-9-4-3-5-10-20)22-15-19-8-6-7-11-25(19)30-26(22)29/h3-15,24H,16H2,1-2H3/t24-/m0/s1. The van der Waals surface area contributed by atoms with E-state index in [9.17, 15) is 4.79 Å². The highest BCUT2D eigenvalue weighted by Gasteiger charge is 2.32. The highest BCUT2D eigenvalue weighted by atomic mass is 16.4. The molecule has 0 bridgehead atoms. The third-order valence-electron chi connectivity index (χ3n) is 5.68. The predicted octanol–water partition coefficient (Wildman–Crippen LogP) is 5.77. The lowest BCUT2D eigenvalue weighted by Crippen LogP contribution is -2.19. The van der Waals surface area contributed by atoms with Crippen LogP contribution in [0.1, 0.15) is 34.7 Å². The van der Waals surface area contributed by atoms with Gasteiger partial charge in [-0.3, -0.25) is 5.01 Å². The molecule has 1 aliphatic heterocycles. The molecule has 0 unspecified atom stereocenters. The molecule has 0 N–H and O–H groups in total. The van der Waals surface area contributed by atoms with E-state index in [0.717, 1.165) is 16.8 Å². The van der Waals surface area contributed by atoms with Gasteiger partial charge in [0, 0.05) is 11.8 Å². The first-order chi connectivity index (χ1) is 14.6. The van der Waals surface area contributed by atoms with Gasteiger partial charge in [0.1, 0.15) is 5.58 Å². The van der Waals surface area contributed by atoms with E-state index in [0.29, 0.717) is 17.6 Å². The lowest BCUT2D eigenvalue weighted by Gasteiger charge is -2.25. The van der Waals surface area contributed by atoms with Crippen molar-refractivity contribution in [2.45, 2.75) is 26.3 Å². The van der Waals surface area contributed by atoms with Crippen molar-refractivity contribution in [1.82, 2.24) is 0 Å². The summed E-state index contributed by atoms with van der Waals surface area (Å²) in [6.45, 7) is 4.23. The van der Waals surface area contributed by atoms with Crippen LogP contribution in [0.25, 0.3) is 11.0 Å². The Hall–Kier alpha value is -3.66. The Bertz CT molecular complexity index is 1320. The van der Waals surface area contributed by atoms with Crippen LogP contribution in [0.4, 0.5) is 5.69 Å². The zero-order chi connectivity index (χ0) is 20.7. The van der Waals surface area contributed by atoms with E-state index in [1.807, 2.05) is 65.7 Å². The van der Waals surface area contributed by atoms with Crippen LogP contribution in [0, 0.1) is 13.8 Å². The van der Waals surface area contributed by atoms with E-state index in [1.165, 1.54) is 16.7 Å². The van der Waals surface area contributed by atoms with Gasteiger partial charge in [0.2, 0.25) is 0 Å². The quantitative estimate of drug-likeness (QED) is 0.415. The van der Waals surface area contributed by atoms with Crippen LogP contribution >= 0.6 is 0 Å². The van der Waals surface area contributed by atoms with Crippen LogP contribution in [-0.4, -0.2) is 5.71 Å². The Morgan fingerprint density at radius 3 is 2.53 bits per heavy atom. The predicted molar refractivity (Wildman–Crippen MR) is 121 cm³/mol. The van der Waals surface area contributed by atoms with E-state index < -0.39 is 0 Å². The first-order valence-corrected chi connectivity index (χ1v) is 10.1. The summed E-state index contributed by atoms with van der Waals surface area (Å²) in [5.74, 6) is 0. The highest BCUT2D eigenvalue weighted by Crippen LogP contribution is 2.38. The van der Waals surface area contributed by atoms with Crippen LogP contribution < -0.4 is 10.6 Å². The van der Waals surface area contributed by atoms with E-state index in [2.05, 4.69) is 32.0 Å². The zero-order valence-corrected chi connectivity index (χ0v) is 17.0. The molecule has 0 saturated heterocycles. The Morgan fingerprint density at radius 2 is 1.70 bits per heavy atom. The molecule has 30 heavy (non-hydrogen) atoms. The average Bonchev–Trinajstić information content (AvgIpc) is 3.20. The van der Waals surface area contributed by atoms with Gasteiger partial charge in [-0.1, -0.05) is 60.2 Å². The van der Waals surface area contributed by atoms with Gasteiger partial charge in [0.25, 0.3) is 0 Å². The van der Waals surface area contributed by atoms with Crippen LogP contribution in [-0.2, 0) is 0 Å². The van der Waals surface area contributed by atoms with E-state index >= 15 is 0 Å². The highest BCUT2D eigenvalue weighted by molar-refractivity contribution is 6.04. The number of hydrogen-bond acceptors (Lipinski definition) is 4. The third-order valence-corrected chi connectivity index (χ3v) is 5.68. The number of hydrazone groups is 1. The molecule has 5 rings (SSSR count). The van der Waals surface area contributed by atoms with Crippen molar-refractivity contribution in [1.29, 1.82) is 0 Å². The van der Waals surface area contributed by atoms with Crippen molar-refractivity contribution >= 4 is 22.4 Å². The summed E-state index contributed by atoms with van der Waals surface area (Å²) in [5.41, 5.74) is 6.19. The van der Waals surface area contributed by atoms with Gasteiger partial charge in [-0.2, -0.15) is 5.10 Å². The molecule has 4 aromatic rings. The molecular weight excluding hydrogens is 372 g/mol. The van der Waals surface area contributed by atoms with Crippen molar-refractivity contribution in [3.8, 4) is 0 Å². The van der Waals surface area contributed by atoms with Gasteiger partial charge < -0.3 is 4.42 Å². The number of nitrogens with zero attached hydrogens (tertiary/aromatic N) is 2. The largest absolute Gasteiger partial charge is 0.422 e.